The van der Waals surface area contributed by atoms with Crippen LogP contribution in [0.5, 0.6) is 0 Å². The molecule has 1 aliphatic rings. The van der Waals surface area contributed by atoms with Crippen LogP contribution in [-0.2, 0) is 17.6 Å². The van der Waals surface area contributed by atoms with Crippen molar-refractivity contribution in [3.8, 4) is 0 Å². The van der Waals surface area contributed by atoms with Gasteiger partial charge < -0.3 is 10.1 Å². The van der Waals surface area contributed by atoms with Crippen LogP contribution in [0.4, 0.5) is 0 Å². The molecule has 19 heavy (non-hydrogen) atoms. The zero-order valence-corrected chi connectivity index (χ0v) is 13.3. The fourth-order valence-corrected chi connectivity index (χ4v) is 3.82. The molecule has 1 aromatic rings. The molecule has 3 heteroatoms. The number of nitrogens with one attached hydrogen (secondary N) is 1. The molecule has 1 N–H and O–H groups in total. The second-order valence-electron chi connectivity index (χ2n) is 5.63. The van der Waals surface area contributed by atoms with Gasteiger partial charge in [0.25, 0.3) is 0 Å². The fraction of sp³-hybridized carbons (Fsp3) is 0.750. The predicted molar refractivity (Wildman–Crippen MR) is 83.0 cm³/mol. The topological polar surface area (TPSA) is 21.3 Å². The molecule has 0 saturated carbocycles. The van der Waals surface area contributed by atoms with Crippen LogP contribution < -0.4 is 5.32 Å². The van der Waals surface area contributed by atoms with Gasteiger partial charge in [0, 0.05) is 21.7 Å². The van der Waals surface area contributed by atoms with Crippen LogP contribution in [-0.4, -0.2) is 25.3 Å². The summed E-state index contributed by atoms with van der Waals surface area (Å²) in [6.45, 7) is 8.69. The highest BCUT2D eigenvalue weighted by atomic mass is 32.1. The quantitative estimate of drug-likeness (QED) is 0.824. The number of thiophene rings is 1. The minimum absolute atomic E-state index is 0.436. The molecule has 0 bridgehead atoms. The Labute approximate surface area is 121 Å². The van der Waals surface area contributed by atoms with E-state index in [1.807, 2.05) is 11.3 Å². The maximum absolute atomic E-state index is 5.75. The number of hydrogen-bond donors (Lipinski definition) is 1. The van der Waals surface area contributed by atoms with Crippen molar-refractivity contribution >= 4 is 11.3 Å². The molecule has 0 aromatic carbocycles. The highest BCUT2D eigenvalue weighted by Gasteiger charge is 2.29. The summed E-state index contributed by atoms with van der Waals surface area (Å²) in [6.07, 6.45) is 5.15. The summed E-state index contributed by atoms with van der Waals surface area (Å²) in [6, 6.07) is 5.17. The van der Waals surface area contributed by atoms with Gasteiger partial charge in [-0.2, -0.15) is 0 Å². The van der Waals surface area contributed by atoms with Crippen molar-refractivity contribution in [3.63, 3.8) is 0 Å². The second-order valence-corrected chi connectivity index (χ2v) is 6.88. The van der Waals surface area contributed by atoms with Crippen molar-refractivity contribution in [1.82, 2.24) is 5.32 Å². The summed E-state index contributed by atoms with van der Waals surface area (Å²) in [5.74, 6) is 0.675. The van der Waals surface area contributed by atoms with Crippen molar-refractivity contribution in [1.29, 1.82) is 0 Å². The second kappa shape index (κ2) is 7.41. The molecule has 108 valence electrons. The highest BCUT2D eigenvalue weighted by molar-refractivity contribution is 7.11. The lowest BCUT2D eigenvalue weighted by Gasteiger charge is -2.23. The first kappa shape index (κ1) is 15.0. The lowest BCUT2D eigenvalue weighted by atomic mass is 9.93. The van der Waals surface area contributed by atoms with Crippen LogP contribution in [0, 0.1) is 5.92 Å². The molecule has 0 spiro atoms. The summed E-state index contributed by atoms with van der Waals surface area (Å²) in [5, 5.41) is 3.73. The van der Waals surface area contributed by atoms with E-state index in [0.29, 0.717) is 18.1 Å². The third-order valence-electron chi connectivity index (χ3n) is 3.94. The van der Waals surface area contributed by atoms with Gasteiger partial charge in [-0.25, -0.2) is 0 Å². The summed E-state index contributed by atoms with van der Waals surface area (Å²) in [5.41, 5.74) is 0. The van der Waals surface area contributed by atoms with Gasteiger partial charge in [-0.3, -0.25) is 0 Å². The van der Waals surface area contributed by atoms with Crippen molar-refractivity contribution in [2.24, 2.45) is 5.92 Å². The standard InChI is InChI=1S/C16H27NOS/c1-4-8-17-16(13-9-12(3)18-11-13)10-15-7-6-14(5-2)19-15/h6-7,12-13,16-17H,4-5,8-11H2,1-3H3. The smallest absolute Gasteiger partial charge is 0.0551 e. The van der Waals surface area contributed by atoms with Crippen LogP contribution in [0.15, 0.2) is 12.1 Å². The molecule has 2 rings (SSSR count). The van der Waals surface area contributed by atoms with Gasteiger partial charge in [0.15, 0.2) is 0 Å². The zero-order chi connectivity index (χ0) is 13.7. The number of aryl methyl sites for hydroxylation is 1. The largest absolute Gasteiger partial charge is 0.378 e. The molecule has 1 aromatic heterocycles. The van der Waals surface area contributed by atoms with Crippen LogP contribution in [0.25, 0.3) is 0 Å². The van der Waals surface area contributed by atoms with Gasteiger partial charge in [0.05, 0.1) is 12.7 Å². The summed E-state index contributed by atoms with van der Waals surface area (Å²) < 4.78 is 5.75. The van der Waals surface area contributed by atoms with Gasteiger partial charge in [0.1, 0.15) is 0 Å². The van der Waals surface area contributed by atoms with E-state index in [4.69, 9.17) is 4.74 Å². The molecular formula is C16H27NOS. The Balaban J connectivity index is 1.96. The Morgan fingerprint density at radius 1 is 1.37 bits per heavy atom. The maximum Gasteiger partial charge on any atom is 0.0551 e. The third kappa shape index (κ3) is 4.30. The van der Waals surface area contributed by atoms with Gasteiger partial charge >= 0.3 is 0 Å². The number of hydrogen-bond acceptors (Lipinski definition) is 3. The minimum atomic E-state index is 0.436. The zero-order valence-electron chi connectivity index (χ0n) is 12.4. The van der Waals surface area contributed by atoms with Crippen molar-refractivity contribution in [2.75, 3.05) is 13.2 Å². The monoisotopic (exact) mass is 281 g/mol. The normalized spacial score (nSPS) is 24.8. The molecule has 3 unspecified atom stereocenters. The molecule has 0 radical (unpaired) electrons. The van der Waals surface area contributed by atoms with Gasteiger partial charge in [-0.05, 0) is 51.3 Å². The molecule has 2 heterocycles. The average Bonchev–Trinajstić information content (AvgIpc) is 3.03. The van der Waals surface area contributed by atoms with E-state index >= 15 is 0 Å². The first-order valence-corrected chi connectivity index (χ1v) is 8.47. The molecule has 3 atom stereocenters. The molecule has 1 fully saturated rings. The third-order valence-corrected chi connectivity index (χ3v) is 5.19. The lowest BCUT2D eigenvalue weighted by molar-refractivity contribution is 0.117. The molecule has 0 amide bonds. The van der Waals surface area contributed by atoms with E-state index in [9.17, 15) is 0 Å². The Kier molecular flexibility index (Phi) is 5.86. The van der Waals surface area contributed by atoms with E-state index in [1.54, 1.807) is 0 Å². The lowest BCUT2D eigenvalue weighted by Crippen LogP contribution is -2.38. The Hall–Kier alpha value is -0.380. The Bertz CT molecular complexity index is 377. The van der Waals surface area contributed by atoms with Crippen molar-refractivity contribution in [3.05, 3.63) is 21.9 Å². The first-order valence-electron chi connectivity index (χ1n) is 7.65. The number of rotatable bonds is 7. The first-order chi connectivity index (χ1) is 9.22. The van der Waals surface area contributed by atoms with E-state index in [-0.39, 0.29) is 0 Å². The molecule has 1 saturated heterocycles. The van der Waals surface area contributed by atoms with Gasteiger partial charge in [0.2, 0.25) is 0 Å². The van der Waals surface area contributed by atoms with Gasteiger partial charge in [-0.15, -0.1) is 11.3 Å². The van der Waals surface area contributed by atoms with Crippen molar-refractivity contribution in [2.45, 2.75) is 58.6 Å². The highest BCUT2D eigenvalue weighted by Crippen LogP contribution is 2.26. The van der Waals surface area contributed by atoms with Crippen LogP contribution >= 0.6 is 11.3 Å². The van der Waals surface area contributed by atoms with E-state index < -0.39 is 0 Å². The van der Waals surface area contributed by atoms with Crippen LogP contribution in [0.3, 0.4) is 0 Å². The molecule has 2 nitrogen and oxygen atoms in total. The SMILES string of the molecule is CCCNC(Cc1ccc(CC)s1)C1COC(C)C1. The molecule has 0 aliphatic carbocycles. The van der Waals surface area contributed by atoms with Crippen LogP contribution in [0.1, 0.15) is 43.4 Å². The van der Waals surface area contributed by atoms with Crippen molar-refractivity contribution < 1.29 is 4.74 Å². The predicted octanol–water partition coefficient (Wildman–Crippen LogP) is 3.65. The minimum Gasteiger partial charge on any atom is -0.378 e. The van der Waals surface area contributed by atoms with Crippen LogP contribution in [0.2, 0.25) is 0 Å². The Morgan fingerprint density at radius 2 is 2.16 bits per heavy atom. The Morgan fingerprint density at radius 3 is 2.74 bits per heavy atom. The van der Waals surface area contributed by atoms with E-state index in [1.165, 1.54) is 22.6 Å². The summed E-state index contributed by atoms with van der Waals surface area (Å²) >= 11 is 1.97. The molecule has 1 aliphatic heterocycles. The summed E-state index contributed by atoms with van der Waals surface area (Å²) in [7, 11) is 0. The fourth-order valence-electron chi connectivity index (χ4n) is 2.80. The average molecular weight is 281 g/mol. The summed E-state index contributed by atoms with van der Waals surface area (Å²) in [4.78, 5) is 3.02. The molecular weight excluding hydrogens is 254 g/mol. The van der Waals surface area contributed by atoms with Gasteiger partial charge in [-0.1, -0.05) is 13.8 Å². The van der Waals surface area contributed by atoms with E-state index in [2.05, 4.69) is 38.2 Å². The van der Waals surface area contributed by atoms with E-state index in [0.717, 1.165) is 26.0 Å². The maximum atomic E-state index is 5.75. The number of ether oxygens (including phenoxy) is 1.